The third kappa shape index (κ3) is 1.34. The highest BCUT2D eigenvalue weighted by molar-refractivity contribution is 5.62. The third-order valence-electron chi connectivity index (χ3n) is 3.84. The molecule has 0 aliphatic carbocycles. The Kier molecular flexibility index (Phi) is 2.18. The molecule has 1 N–H and O–H groups in total. The van der Waals surface area contributed by atoms with Gasteiger partial charge in [-0.25, -0.2) is 4.39 Å². The molecule has 3 heteroatoms. The molecule has 2 heterocycles. The van der Waals surface area contributed by atoms with Crippen LogP contribution in [0.25, 0.3) is 0 Å². The normalized spacial score (nSPS) is 32.5. The van der Waals surface area contributed by atoms with Gasteiger partial charge in [0.2, 0.25) is 0 Å². The van der Waals surface area contributed by atoms with Crippen LogP contribution >= 0.6 is 0 Å². The number of halogens is 1. The van der Waals surface area contributed by atoms with Crippen LogP contribution in [-0.4, -0.2) is 24.9 Å². The van der Waals surface area contributed by atoms with E-state index in [1.54, 1.807) is 0 Å². The van der Waals surface area contributed by atoms with Crippen molar-refractivity contribution in [3.63, 3.8) is 0 Å². The predicted octanol–water partition coefficient (Wildman–Crippen LogP) is 2.46. The summed E-state index contributed by atoms with van der Waals surface area (Å²) < 4.78 is 19.2. The van der Waals surface area contributed by atoms with Crippen LogP contribution in [0.5, 0.6) is 0 Å². The first kappa shape index (κ1) is 10.1. The summed E-state index contributed by atoms with van der Waals surface area (Å²) in [5.41, 5.74) is 3.21. The van der Waals surface area contributed by atoms with E-state index in [0.717, 1.165) is 18.5 Å². The molecule has 2 aliphatic rings. The molecule has 1 spiro atoms. The van der Waals surface area contributed by atoms with Gasteiger partial charge in [0.1, 0.15) is 6.17 Å². The van der Waals surface area contributed by atoms with Gasteiger partial charge in [0, 0.05) is 18.7 Å². The van der Waals surface area contributed by atoms with Gasteiger partial charge in [-0.15, -0.1) is 0 Å². The van der Waals surface area contributed by atoms with Crippen molar-refractivity contribution in [3.05, 3.63) is 29.3 Å². The molecule has 2 aliphatic heterocycles. The molecule has 16 heavy (non-hydrogen) atoms. The molecule has 1 aromatic carbocycles. The third-order valence-corrected chi connectivity index (χ3v) is 3.84. The molecule has 1 aromatic rings. The maximum absolute atomic E-state index is 14.1. The average Bonchev–Trinajstić information content (AvgIpc) is 2.64. The fraction of sp³-hybridized carbons (Fsp3) is 0.538. The second-order valence-electron chi connectivity index (χ2n) is 4.85. The van der Waals surface area contributed by atoms with Crippen molar-refractivity contribution in [2.24, 2.45) is 0 Å². The molecule has 2 atom stereocenters. The highest BCUT2D eigenvalue weighted by atomic mass is 19.1. The zero-order valence-corrected chi connectivity index (χ0v) is 9.42. The van der Waals surface area contributed by atoms with Gasteiger partial charge in [0.05, 0.1) is 12.1 Å². The number of ether oxygens (including phenoxy) is 1. The molecule has 2 nitrogen and oxygen atoms in total. The summed E-state index contributed by atoms with van der Waals surface area (Å²) >= 11 is 0. The lowest BCUT2D eigenvalue weighted by atomic mass is 9.85. The van der Waals surface area contributed by atoms with E-state index in [1.165, 1.54) is 11.1 Å². The lowest BCUT2D eigenvalue weighted by molar-refractivity contribution is -0.00547. The van der Waals surface area contributed by atoms with E-state index >= 15 is 0 Å². The number of benzene rings is 1. The largest absolute Gasteiger partial charge is 0.378 e. The van der Waals surface area contributed by atoms with Crippen LogP contribution in [0.15, 0.2) is 18.2 Å². The zero-order valence-electron chi connectivity index (χ0n) is 9.42. The zero-order chi connectivity index (χ0) is 11.2. The second-order valence-corrected chi connectivity index (χ2v) is 4.85. The van der Waals surface area contributed by atoms with Gasteiger partial charge in [0.25, 0.3) is 0 Å². The molecule has 0 saturated carbocycles. The van der Waals surface area contributed by atoms with Gasteiger partial charge in [-0.1, -0.05) is 12.1 Å². The maximum Gasteiger partial charge on any atom is 0.147 e. The number of hydrogen-bond donors (Lipinski definition) is 1. The van der Waals surface area contributed by atoms with Crippen molar-refractivity contribution in [2.45, 2.75) is 31.5 Å². The number of alkyl halides is 1. The second kappa shape index (κ2) is 3.45. The minimum absolute atomic E-state index is 0.222. The van der Waals surface area contributed by atoms with E-state index in [-0.39, 0.29) is 6.61 Å². The first-order valence-electron chi connectivity index (χ1n) is 5.80. The molecule has 1 saturated heterocycles. The van der Waals surface area contributed by atoms with Crippen molar-refractivity contribution in [1.29, 1.82) is 0 Å². The molecular formula is C13H16FNO. The Morgan fingerprint density at radius 2 is 2.38 bits per heavy atom. The fourth-order valence-electron chi connectivity index (χ4n) is 2.78. The highest BCUT2D eigenvalue weighted by Crippen LogP contribution is 2.40. The summed E-state index contributed by atoms with van der Waals surface area (Å²) in [5.74, 6) is 0. The Balaban J connectivity index is 1.97. The number of nitrogens with one attached hydrogen (secondary N) is 1. The van der Waals surface area contributed by atoms with Crippen molar-refractivity contribution < 1.29 is 9.13 Å². The lowest BCUT2D eigenvalue weighted by Gasteiger charge is -2.37. The van der Waals surface area contributed by atoms with Crippen LogP contribution < -0.4 is 5.32 Å². The van der Waals surface area contributed by atoms with Gasteiger partial charge in [-0.05, 0) is 30.5 Å². The van der Waals surface area contributed by atoms with E-state index in [9.17, 15) is 4.39 Å². The summed E-state index contributed by atoms with van der Waals surface area (Å²) in [4.78, 5) is 0. The van der Waals surface area contributed by atoms with Crippen LogP contribution in [0.1, 0.15) is 17.5 Å². The molecule has 0 amide bonds. The van der Waals surface area contributed by atoms with Gasteiger partial charge in [-0.3, -0.25) is 0 Å². The van der Waals surface area contributed by atoms with E-state index in [0.29, 0.717) is 6.61 Å². The Labute approximate surface area is 94.8 Å². The number of aryl methyl sites for hydroxylation is 1. The fourth-order valence-corrected chi connectivity index (χ4v) is 2.78. The van der Waals surface area contributed by atoms with Crippen LogP contribution in [0.3, 0.4) is 0 Å². The van der Waals surface area contributed by atoms with E-state index in [1.807, 2.05) is 12.1 Å². The smallest absolute Gasteiger partial charge is 0.147 e. The average molecular weight is 221 g/mol. The molecule has 0 radical (unpaired) electrons. The van der Waals surface area contributed by atoms with Crippen molar-refractivity contribution in [1.82, 2.24) is 0 Å². The summed E-state index contributed by atoms with van der Waals surface area (Å²) in [6, 6.07) is 6.15. The monoisotopic (exact) mass is 221 g/mol. The van der Waals surface area contributed by atoms with Gasteiger partial charge in [-0.2, -0.15) is 0 Å². The van der Waals surface area contributed by atoms with Crippen molar-refractivity contribution in [2.75, 3.05) is 18.5 Å². The van der Waals surface area contributed by atoms with Crippen LogP contribution in [0, 0.1) is 6.92 Å². The van der Waals surface area contributed by atoms with Crippen LogP contribution in [-0.2, 0) is 11.2 Å². The number of rotatable bonds is 0. The van der Waals surface area contributed by atoms with E-state index in [2.05, 4.69) is 18.3 Å². The number of fused-ring (bicyclic) bond motifs is 1. The molecule has 1 fully saturated rings. The molecule has 2 unspecified atom stereocenters. The highest BCUT2D eigenvalue weighted by Gasteiger charge is 2.46. The first-order valence-corrected chi connectivity index (χ1v) is 5.80. The van der Waals surface area contributed by atoms with Crippen LogP contribution in [0.2, 0.25) is 0 Å². The number of hydrogen-bond acceptors (Lipinski definition) is 2. The van der Waals surface area contributed by atoms with Gasteiger partial charge < -0.3 is 10.1 Å². The molecule has 0 aromatic heterocycles. The maximum atomic E-state index is 14.1. The summed E-state index contributed by atoms with van der Waals surface area (Å²) in [7, 11) is 0. The summed E-state index contributed by atoms with van der Waals surface area (Å²) in [6.07, 6.45) is 0.634. The Hall–Kier alpha value is -1.09. The predicted molar refractivity (Wildman–Crippen MR) is 61.6 cm³/mol. The Morgan fingerprint density at radius 1 is 1.50 bits per heavy atom. The van der Waals surface area contributed by atoms with Crippen molar-refractivity contribution in [3.8, 4) is 0 Å². The molecule has 0 bridgehead atoms. The Bertz CT molecular complexity index is 420. The minimum Gasteiger partial charge on any atom is -0.378 e. The van der Waals surface area contributed by atoms with Gasteiger partial charge >= 0.3 is 0 Å². The van der Waals surface area contributed by atoms with E-state index < -0.39 is 11.7 Å². The minimum atomic E-state index is -0.909. The van der Waals surface area contributed by atoms with Gasteiger partial charge in [0.15, 0.2) is 0 Å². The summed E-state index contributed by atoms with van der Waals surface area (Å²) in [5, 5.41) is 3.39. The van der Waals surface area contributed by atoms with E-state index in [4.69, 9.17) is 4.74 Å². The van der Waals surface area contributed by atoms with Crippen molar-refractivity contribution >= 4 is 5.69 Å². The SMILES string of the molecule is Cc1cccc2c1CC1(CCOCC1F)N2. The Morgan fingerprint density at radius 3 is 3.12 bits per heavy atom. The standard InChI is InChI=1S/C13H16FNO/c1-9-3-2-4-11-10(9)7-13(15-11)5-6-16-8-12(13)14/h2-4,12,15H,5-8H2,1H3. The molecule has 3 rings (SSSR count). The topological polar surface area (TPSA) is 21.3 Å². The molecule has 86 valence electrons. The molecular weight excluding hydrogens is 205 g/mol. The van der Waals surface area contributed by atoms with Crippen LogP contribution in [0.4, 0.5) is 10.1 Å². The quantitative estimate of drug-likeness (QED) is 0.726. The summed E-state index contributed by atoms with van der Waals surface area (Å²) in [6.45, 7) is 2.96. The lowest BCUT2D eigenvalue weighted by Crippen LogP contribution is -2.52. The number of anilines is 1. The first-order chi connectivity index (χ1) is 7.71.